The van der Waals surface area contributed by atoms with Crippen LogP contribution in [0.4, 0.5) is 0 Å². The molecule has 13 heavy (non-hydrogen) atoms. The van der Waals surface area contributed by atoms with E-state index in [-0.39, 0.29) is 11.8 Å². The summed E-state index contributed by atoms with van der Waals surface area (Å²) in [4.78, 5) is 10.7. The number of hydrogen-bond donors (Lipinski definition) is 1. The van der Waals surface area contributed by atoms with Crippen LogP contribution in [0.5, 0.6) is 0 Å². The second kappa shape index (κ2) is 4.09. The highest BCUT2D eigenvalue weighted by Crippen LogP contribution is 2.41. The van der Waals surface area contributed by atoms with Crippen molar-refractivity contribution in [2.24, 2.45) is 11.3 Å². The van der Waals surface area contributed by atoms with Gasteiger partial charge in [-0.2, -0.15) is 0 Å². The summed E-state index contributed by atoms with van der Waals surface area (Å²) in [6, 6.07) is 0. The van der Waals surface area contributed by atoms with E-state index >= 15 is 0 Å². The number of aliphatic carboxylic acids is 1. The minimum atomic E-state index is -0.685. The van der Waals surface area contributed by atoms with E-state index in [9.17, 15) is 4.79 Å². The summed E-state index contributed by atoms with van der Waals surface area (Å²) < 4.78 is 5.26. The summed E-state index contributed by atoms with van der Waals surface area (Å²) in [5.41, 5.74) is -0.0237. The molecular formula is C10H18O3. The summed E-state index contributed by atoms with van der Waals surface area (Å²) in [7, 11) is 0. The molecule has 0 unspecified atom stereocenters. The molecule has 0 bridgehead atoms. The Morgan fingerprint density at radius 3 is 2.38 bits per heavy atom. The van der Waals surface area contributed by atoms with Gasteiger partial charge in [0.15, 0.2) is 0 Å². The normalized spacial score (nSPS) is 21.8. The van der Waals surface area contributed by atoms with Crippen LogP contribution in [0.2, 0.25) is 0 Å². The number of carbonyl (C=O) groups is 1. The molecule has 0 saturated carbocycles. The molecule has 3 nitrogen and oxygen atoms in total. The summed E-state index contributed by atoms with van der Waals surface area (Å²) >= 11 is 0. The van der Waals surface area contributed by atoms with Crippen molar-refractivity contribution < 1.29 is 14.6 Å². The van der Waals surface area contributed by atoms with Gasteiger partial charge in [0, 0.05) is 13.2 Å². The SMILES string of the molecule is CC(C)C1(CC(=O)O)CCOCC1. The lowest BCUT2D eigenvalue weighted by Crippen LogP contribution is -2.36. The maximum Gasteiger partial charge on any atom is 0.303 e. The molecular weight excluding hydrogens is 168 g/mol. The van der Waals surface area contributed by atoms with E-state index in [0.29, 0.717) is 19.1 Å². The Morgan fingerprint density at radius 1 is 1.46 bits per heavy atom. The van der Waals surface area contributed by atoms with E-state index in [1.807, 2.05) is 0 Å². The first kappa shape index (κ1) is 10.5. The zero-order chi connectivity index (χ0) is 9.90. The fourth-order valence-electron chi connectivity index (χ4n) is 2.04. The van der Waals surface area contributed by atoms with Crippen LogP contribution in [-0.2, 0) is 9.53 Å². The first-order valence-electron chi connectivity index (χ1n) is 4.86. The average molecular weight is 186 g/mol. The first-order valence-corrected chi connectivity index (χ1v) is 4.86. The van der Waals surface area contributed by atoms with Gasteiger partial charge in [-0.05, 0) is 24.2 Å². The molecule has 1 aliphatic rings. The van der Waals surface area contributed by atoms with Crippen LogP contribution >= 0.6 is 0 Å². The Hall–Kier alpha value is -0.570. The van der Waals surface area contributed by atoms with Crippen LogP contribution in [0.25, 0.3) is 0 Å². The largest absolute Gasteiger partial charge is 0.481 e. The van der Waals surface area contributed by atoms with Gasteiger partial charge in [-0.15, -0.1) is 0 Å². The van der Waals surface area contributed by atoms with E-state index in [2.05, 4.69) is 13.8 Å². The van der Waals surface area contributed by atoms with Crippen LogP contribution < -0.4 is 0 Å². The average Bonchev–Trinajstić information content (AvgIpc) is 2.04. The number of rotatable bonds is 3. The quantitative estimate of drug-likeness (QED) is 0.732. The van der Waals surface area contributed by atoms with E-state index in [1.165, 1.54) is 0 Å². The lowest BCUT2D eigenvalue weighted by molar-refractivity contribution is -0.143. The van der Waals surface area contributed by atoms with Gasteiger partial charge in [-0.1, -0.05) is 13.8 Å². The second-order valence-electron chi connectivity index (χ2n) is 4.20. The van der Waals surface area contributed by atoms with Crippen molar-refractivity contribution in [3.63, 3.8) is 0 Å². The molecule has 0 radical (unpaired) electrons. The molecule has 1 heterocycles. The molecule has 0 atom stereocenters. The van der Waals surface area contributed by atoms with Gasteiger partial charge in [0.25, 0.3) is 0 Å². The molecule has 3 heteroatoms. The molecule has 0 aromatic rings. The van der Waals surface area contributed by atoms with Gasteiger partial charge in [-0.3, -0.25) is 4.79 Å². The lowest BCUT2D eigenvalue weighted by Gasteiger charge is -2.39. The highest BCUT2D eigenvalue weighted by molar-refractivity contribution is 5.67. The van der Waals surface area contributed by atoms with Crippen molar-refractivity contribution in [2.75, 3.05) is 13.2 Å². The number of carboxylic acids is 1. The highest BCUT2D eigenvalue weighted by atomic mass is 16.5. The second-order valence-corrected chi connectivity index (χ2v) is 4.20. The molecule has 76 valence electrons. The van der Waals surface area contributed by atoms with Gasteiger partial charge < -0.3 is 9.84 Å². The maximum absolute atomic E-state index is 10.7. The Labute approximate surface area is 79.1 Å². The molecule has 0 aliphatic carbocycles. The molecule has 0 aromatic heterocycles. The minimum absolute atomic E-state index is 0.0237. The third-order valence-electron chi connectivity index (χ3n) is 3.22. The number of carboxylic acid groups (broad SMARTS) is 1. The van der Waals surface area contributed by atoms with Gasteiger partial charge in [0.2, 0.25) is 0 Å². The fraction of sp³-hybridized carbons (Fsp3) is 0.900. The smallest absolute Gasteiger partial charge is 0.303 e. The van der Waals surface area contributed by atoms with Crippen molar-refractivity contribution in [2.45, 2.75) is 33.1 Å². The molecule has 0 aromatic carbocycles. The van der Waals surface area contributed by atoms with E-state index in [0.717, 1.165) is 12.8 Å². The van der Waals surface area contributed by atoms with E-state index in [1.54, 1.807) is 0 Å². The highest BCUT2D eigenvalue weighted by Gasteiger charge is 2.37. The zero-order valence-electron chi connectivity index (χ0n) is 8.38. The third-order valence-corrected chi connectivity index (χ3v) is 3.22. The molecule has 1 aliphatic heterocycles. The summed E-state index contributed by atoms with van der Waals surface area (Å²) in [6.45, 7) is 5.64. The van der Waals surface area contributed by atoms with Crippen molar-refractivity contribution in [1.29, 1.82) is 0 Å². The fourth-order valence-corrected chi connectivity index (χ4v) is 2.04. The van der Waals surface area contributed by atoms with Crippen molar-refractivity contribution in [3.05, 3.63) is 0 Å². The van der Waals surface area contributed by atoms with Crippen molar-refractivity contribution in [3.8, 4) is 0 Å². The molecule has 1 fully saturated rings. The topological polar surface area (TPSA) is 46.5 Å². The molecule has 0 amide bonds. The molecule has 0 spiro atoms. The minimum Gasteiger partial charge on any atom is -0.481 e. The lowest BCUT2D eigenvalue weighted by atomic mass is 9.69. The monoisotopic (exact) mass is 186 g/mol. The van der Waals surface area contributed by atoms with Crippen LogP contribution in [0.3, 0.4) is 0 Å². The van der Waals surface area contributed by atoms with Crippen LogP contribution in [0.15, 0.2) is 0 Å². The summed E-state index contributed by atoms with van der Waals surface area (Å²) in [5.74, 6) is -0.261. The van der Waals surface area contributed by atoms with Gasteiger partial charge >= 0.3 is 5.97 Å². The molecule has 1 rings (SSSR count). The van der Waals surface area contributed by atoms with Crippen LogP contribution in [-0.4, -0.2) is 24.3 Å². The number of ether oxygens (including phenoxy) is 1. The van der Waals surface area contributed by atoms with Crippen LogP contribution in [0.1, 0.15) is 33.1 Å². The first-order chi connectivity index (χ1) is 6.07. The van der Waals surface area contributed by atoms with E-state index < -0.39 is 5.97 Å². The standard InChI is InChI=1S/C10H18O3/c1-8(2)10(7-9(11)12)3-5-13-6-4-10/h8H,3-7H2,1-2H3,(H,11,12). The van der Waals surface area contributed by atoms with E-state index in [4.69, 9.17) is 9.84 Å². The predicted octanol–water partition coefficient (Wildman–Crippen LogP) is 1.91. The van der Waals surface area contributed by atoms with Crippen LogP contribution in [0, 0.1) is 11.3 Å². The zero-order valence-corrected chi connectivity index (χ0v) is 8.38. The Bertz CT molecular complexity index is 181. The van der Waals surface area contributed by atoms with Crippen molar-refractivity contribution in [1.82, 2.24) is 0 Å². The Morgan fingerprint density at radius 2 is 2.00 bits per heavy atom. The van der Waals surface area contributed by atoms with Crippen molar-refractivity contribution >= 4 is 5.97 Å². The Kier molecular flexibility index (Phi) is 3.31. The van der Waals surface area contributed by atoms with Gasteiger partial charge in [-0.25, -0.2) is 0 Å². The predicted molar refractivity (Wildman–Crippen MR) is 49.6 cm³/mol. The summed E-state index contributed by atoms with van der Waals surface area (Å²) in [6.07, 6.45) is 2.06. The molecule has 1 N–H and O–H groups in total. The van der Waals surface area contributed by atoms with Gasteiger partial charge in [0.1, 0.15) is 0 Å². The maximum atomic E-state index is 10.7. The third kappa shape index (κ3) is 2.44. The summed E-state index contributed by atoms with van der Waals surface area (Å²) in [5, 5.41) is 8.84. The molecule has 1 saturated heterocycles. The Balaban J connectivity index is 2.67. The number of hydrogen-bond acceptors (Lipinski definition) is 2. The van der Waals surface area contributed by atoms with Gasteiger partial charge in [0.05, 0.1) is 6.42 Å².